The highest BCUT2D eigenvalue weighted by atomic mass is 16.5. The van der Waals surface area contributed by atoms with Gasteiger partial charge in [0.15, 0.2) is 0 Å². The summed E-state index contributed by atoms with van der Waals surface area (Å²) < 4.78 is 6.17. The minimum absolute atomic E-state index is 0.213. The Morgan fingerprint density at radius 3 is 2.67 bits per heavy atom. The predicted octanol–water partition coefficient (Wildman–Crippen LogP) is 3.88. The largest absolute Gasteiger partial charge is 0.375 e. The van der Waals surface area contributed by atoms with Crippen LogP contribution in [0.2, 0.25) is 0 Å². The average Bonchev–Trinajstić information content (AvgIpc) is 2.39. The van der Waals surface area contributed by atoms with Crippen molar-refractivity contribution in [2.24, 2.45) is 17.6 Å². The summed E-state index contributed by atoms with van der Waals surface area (Å²) in [6.45, 7) is 5.53. The second-order valence-corrected chi connectivity index (χ2v) is 6.69. The van der Waals surface area contributed by atoms with Crippen LogP contribution in [-0.4, -0.2) is 18.2 Å². The number of ether oxygens (including phenoxy) is 1. The molecule has 2 rings (SSSR count). The van der Waals surface area contributed by atoms with Crippen LogP contribution in [0.15, 0.2) is 0 Å². The van der Waals surface area contributed by atoms with Crippen LogP contribution in [0.25, 0.3) is 0 Å². The molecule has 1 heterocycles. The van der Waals surface area contributed by atoms with Gasteiger partial charge in [0.1, 0.15) is 0 Å². The van der Waals surface area contributed by atoms with E-state index in [1.807, 2.05) is 0 Å². The molecule has 2 fully saturated rings. The van der Waals surface area contributed by atoms with Crippen molar-refractivity contribution in [2.75, 3.05) is 6.61 Å². The van der Waals surface area contributed by atoms with Gasteiger partial charge in [-0.25, -0.2) is 0 Å². The Labute approximate surface area is 113 Å². The van der Waals surface area contributed by atoms with Crippen molar-refractivity contribution in [3.05, 3.63) is 0 Å². The molecule has 1 saturated heterocycles. The molecule has 2 aliphatic rings. The second-order valence-electron chi connectivity index (χ2n) is 6.69. The first kappa shape index (κ1) is 14.3. The summed E-state index contributed by atoms with van der Waals surface area (Å²) in [5.74, 6) is 1.36. The van der Waals surface area contributed by atoms with Crippen LogP contribution in [0.5, 0.6) is 0 Å². The van der Waals surface area contributed by atoms with Gasteiger partial charge in [-0.05, 0) is 43.9 Å². The molecule has 106 valence electrons. The van der Waals surface area contributed by atoms with E-state index in [2.05, 4.69) is 13.8 Å². The first-order chi connectivity index (χ1) is 8.67. The lowest BCUT2D eigenvalue weighted by molar-refractivity contribution is -0.122. The van der Waals surface area contributed by atoms with E-state index in [4.69, 9.17) is 10.5 Å². The SMILES string of the molecule is CCCC(C)C(N)C1CCOC2(CCCCC2)C1. The molecule has 18 heavy (non-hydrogen) atoms. The number of rotatable bonds is 4. The van der Waals surface area contributed by atoms with Crippen LogP contribution in [0.4, 0.5) is 0 Å². The molecule has 0 bridgehead atoms. The Morgan fingerprint density at radius 2 is 2.00 bits per heavy atom. The van der Waals surface area contributed by atoms with Crippen molar-refractivity contribution in [3.63, 3.8) is 0 Å². The van der Waals surface area contributed by atoms with Gasteiger partial charge in [0, 0.05) is 12.6 Å². The quantitative estimate of drug-likeness (QED) is 0.825. The van der Waals surface area contributed by atoms with Gasteiger partial charge in [0.05, 0.1) is 5.60 Å². The highest BCUT2D eigenvalue weighted by Crippen LogP contribution is 2.42. The molecule has 2 N–H and O–H groups in total. The summed E-state index contributed by atoms with van der Waals surface area (Å²) in [4.78, 5) is 0. The molecule has 1 spiro atoms. The lowest BCUT2D eigenvalue weighted by Gasteiger charge is -2.45. The fourth-order valence-corrected chi connectivity index (χ4v) is 4.05. The fraction of sp³-hybridized carbons (Fsp3) is 1.00. The molecule has 2 heteroatoms. The van der Waals surface area contributed by atoms with Crippen LogP contribution in [0.1, 0.15) is 71.6 Å². The Kier molecular flexibility index (Phi) is 5.08. The zero-order valence-corrected chi connectivity index (χ0v) is 12.3. The summed E-state index contributed by atoms with van der Waals surface area (Å²) in [7, 11) is 0. The van der Waals surface area contributed by atoms with E-state index in [0.717, 1.165) is 6.61 Å². The molecule has 2 nitrogen and oxygen atoms in total. The first-order valence-corrected chi connectivity index (χ1v) is 8.06. The maximum Gasteiger partial charge on any atom is 0.0685 e. The fourth-order valence-electron chi connectivity index (χ4n) is 4.05. The van der Waals surface area contributed by atoms with Crippen LogP contribution in [0, 0.1) is 11.8 Å². The first-order valence-electron chi connectivity index (χ1n) is 8.06. The summed E-state index contributed by atoms with van der Waals surface area (Å²) in [6.07, 6.45) is 11.6. The highest BCUT2D eigenvalue weighted by molar-refractivity contribution is 4.93. The van der Waals surface area contributed by atoms with Crippen molar-refractivity contribution in [3.8, 4) is 0 Å². The van der Waals surface area contributed by atoms with E-state index >= 15 is 0 Å². The highest BCUT2D eigenvalue weighted by Gasteiger charge is 2.40. The molecule has 1 aliphatic carbocycles. The third kappa shape index (κ3) is 3.27. The van der Waals surface area contributed by atoms with Crippen LogP contribution < -0.4 is 5.73 Å². The topological polar surface area (TPSA) is 35.2 Å². The van der Waals surface area contributed by atoms with E-state index in [9.17, 15) is 0 Å². The van der Waals surface area contributed by atoms with E-state index < -0.39 is 0 Å². The number of hydrogen-bond acceptors (Lipinski definition) is 2. The lowest BCUT2D eigenvalue weighted by Crippen LogP contribution is -2.48. The predicted molar refractivity (Wildman–Crippen MR) is 76.5 cm³/mol. The molecule has 1 saturated carbocycles. The third-order valence-electron chi connectivity index (χ3n) is 5.24. The zero-order chi connectivity index (χ0) is 13.0. The molecule has 3 unspecified atom stereocenters. The average molecular weight is 253 g/mol. The van der Waals surface area contributed by atoms with Crippen molar-refractivity contribution in [2.45, 2.75) is 83.3 Å². The molecular formula is C16H31NO. The Balaban J connectivity index is 1.93. The third-order valence-corrected chi connectivity index (χ3v) is 5.24. The summed E-state index contributed by atoms with van der Waals surface area (Å²) in [5, 5.41) is 0. The van der Waals surface area contributed by atoms with Crippen molar-refractivity contribution in [1.29, 1.82) is 0 Å². The molecule has 0 aromatic carbocycles. The van der Waals surface area contributed by atoms with Crippen LogP contribution >= 0.6 is 0 Å². The minimum Gasteiger partial charge on any atom is -0.375 e. The number of nitrogens with two attached hydrogens (primary N) is 1. The van der Waals surface area contributed by atoms with Crippen molar-refractivity contribution >= 4 is 0 Å². The van der Waals surface area contributed by atoms with Gasteiger partial charge in [-0.2, -0.15) is 0 Å². The smallest absolute Gasteiger partial charge is 0.0685 e. The van der Waals surface area contributed by atoms with Gasteiger partial charge in [0.25, 0.3) is 0 Å². The molecule has 3 atom stereocenters. The van der Waals surface area contributed by atoms with Gasteiger partial charge < -0.3 is 10.5 Å². The summed E-state index contributed by atoms with van der Waals surface area (Å²) in [5.41, 5.74) is 6.73. The normalized spacial score (nSPS) is 31.2. The molecule has 0 amide bonds. The van der Waals surface area contributed by atoms with Gasteiger partial charge in [-0.3, -0.25) is 0 Å². The Morgan fingerprint density at radius 1 is 1.28 bits per heavy atom. The monoisotopic (exact) mass is 253 g/mol. The van der Waals surface area contributed by atoms with Crippen LogP contribution in [-0.2, 0) is 4.74 Å². The van der Waals surface area contributed by atoms with Crippen LogP contribution in [0.3, 0.4) is 0 Å². The van der Waals surface area contributed by atoms with E-state index in [-0.39, 0.29) is 5.60 Å². The summed E-state index contributed by atoms with van der Waals surface area (Å²) in [6, 6.07) is 0.382. The molecular weight excluding hydrogens is 222 g/mol. The van der Waals surface area contributed by atoms with E-state index in [1.54, 1.807) is 0 Å². The van der Waals surface area contributed by atoms with Gasteiger partial charge in [-0.15, -0.1) is 0 Å². The molecule has 0 aromatic rings. The van der Waals surface area contributed by atoms with Crippen molar-refractivity contribution in [1.82, 2.24) is 0 Å². The van der Waals surface area contributed by atoms with Gasteiger partial charge in [0.2, 0.25) is 0 Å². The second kappa shape index (κ2) is 6.38. The zero-order valence-electron chi connectivity index (χ0n) is 12.3. The molecule has 0 aromatic heterocycles. The van der Waals surface area contributed by atoms with Crippen molar-refractivity contribution < 1.29 is 4.74 Å². The maximum atomic E-state index is 6.51. The van der Waals surface area contributed by atoms with Gasteiger partial charge >= 0.3 is 0 Å². The maximum absolute atomic E-state index is 6.51. The number of hydrogen-bond donors (Lipinski definition) is 1. The Bertz CT molecular complexity index is 242. The minimum atomic E-state index is 0.213. The standard InChI is InChI=1S/C16H31NO/c1-3-7-13(2)15(17)14-8-11-18-16(12-14)9-5-4-6-10-16/h13-15H,3-12,17H2,1-2H3. The van der Waals surface area contributed by atoms with Gasteiger partial charge in [-0.1, -0.05) is 39.5 Å². The molecule has 0 radical (unpaired) electrons. The van der Waals surface area contributed by atoms with E-state index in [0.29, 0.717) is 17.9 Å². The lowest BCUT2D eigenvalue weighted by atomic mass is 9.72. The Hall–Kier alpha value is -0.0800. The van der Waals surface area contributed by atoms with E-state index in [1.165, 1.54) is 57.8 Å². The molecule has 1 aliphatic heterocycles. The summed E-state index contributed by atoms with van der Waals surface area (Å²) >= 11 is 0.